The second-order valence-corrected chi connectivity index (χ2v) is 10.3. The van der Waals surface area contributed by atoms with E-state index in [9.17, 15) is 0 Å². The molecule has 0 aromatic heterocycles. The van der Waals surface area contributed by atoms with Crippen LogP contribution in [0.1, 0.15) is 59.1 Å². The summed E-state index contributed by atoms with van der Waals surface area (Å²) in [6.45, 7) is 13.6. The van der Waals surface area contributed by atoms with Gasteiger partial charge in [0.15, 0.2) is 0 Å². The average Bonchev–Trinajstić information content (AvgIpc) is 2.86. The van der Waals surface area contributed by atoms with Gasteiger partial charge < -0.3 is 0 Å². The Labute approximate surface area is 141 Å². The molecule has 1 aromatic carbocycles. The van der Waals surface area contributed by atoms with E-state index < -0.39 is 23.7 Å². The number of para-hydroxylation sites is 1. The minimum atomic E-state index is -0.974. The fourth-order valence-corrected chi connectivity index (χ4v) is 4.48. The topological polar surface area (TPSA) is 9.23 Å². The molecule has 0 saturated carbocycles. The van der Waals surface area contributed by atoms with E-state index in [-0.39, 0.29) is 10.8 Å². The second kappa shape index (κ2) is 6.25. The molecule has 2 rings (SSSR count). The summed E-state index contributed by atoms with van der Waals surface area (Å²) in [5, 5.41) is 0. The fraction of sp³-hybridized carbons (Fsp3) is 0.474. The standard InChI is InChI=1S/C14H22O.C5H5.Zr/c1-13(2,3)10-8-7-9-11(12(10)15)14(4,5)6;1-2-4-5-3-1;/h7-9,15H,1-6H3;1-3H,4H2;/q;;+1/p-1. The Hall–Kier alpha value is -0.617. The normalized spacial score (nSPS) is 15.0. The molecule has 0 bridgehead atoms. The maximum absolute atomic E-state index is 6.47. The van der Waals surface area contributed by atoms with Gasteiger partial charge in [-0.15, -0.1) is 0 Å². The Morgan fingerprint density at radius 2 is 1.52 bits per heavy atom. The molecule has 21 heavy (non-hydrogen) atoms. The Morgan fingerprint density at radius 1 is 0.952 bits per heavy atom. The summed E-state index contributed by atoms with van der Waals surface area (Å²) in [5.74, 6) is 1.15. The molecule has 1 aliphatic rings. The summed E-state index contributed by atoms with van der Waals surface area (Å²) in [6, 6.07) is 6.63. The summed E-state index contributed by atoms with van der Waals surface area (Å²) < 4.78 is 7.98. The third-order valence-corrected chi connectivity index (χ3v) is 6.00. The van der Waals surface area contributed by atoms with Crippen molar-refractivity contribution in [2.75, 3.05) is 0 Å². The summed E-state index contributed by atoms with van der Waals surface area (Å²) in [6.07, 6.45) is 7.71. The van der Waals surface area contributed by atoms with E-state index in [4.69, 9.17) is 2.81 Å². The van der Waals surface area contributed by atoms with Crippen LogP contribution in [0.3, 0.4) is 0 Å². The van der Waals surface area contributed by atoms with Crippen LogP contribution in [0.2, 0.25) is 0 Å². The number of allylic oxidation sites excluding steroid dienone is 4. The summed E-state index contributed by atoms with van der Waals surface area (Å²) >= 11 is -0.974. The SMILES string of the molecule is CC(C)(C)c1cccc(C(C)(C)C)c1[O][Zr][C]1=CC=CC1. The molecule has 0 radical (unpaired) electrons. The van der Waals surface area contributed by atoms with Gasteiger partial charge in [-0.2, -0.15) is 0 Å². The van der Waals surface area contributed by atoms with Gasteiger partial charge in [0.25, 0.3) is 0 Å². The van der Waals surface area contributed by atoms with Gasteiger partial charge >= 0.3 is 142 Å². The molecule has 1 nitrogen and oxygen atoms in total. The van der Waals surface area contributed by atoms with Crippen molar-refractivity contribution in [2.45, 2.75) is 58.8 Å². The predicted molar refractivity (Wildman–Crippen MR) is 86.3 cm³/mol. The number of benzene rings is 1. The first kappa shape index (κ1) is 16.7. The average molecular weight is 362 g/mol. The summed E-state index contributed by atoms with van der Waals surface area (Å²) in [7, 11) is 0. The van der Waals surface area contributed by atoms with Gasteiger partial charge in [0.05, 0.1) is 0 Å². The molecule has 0 aliphatic heterocycles. The first-order valence-corrected chi connectivity index (χ1v) is 9.85. The molecule has 0 atom stereocenters. The molecular weight excluding hydrogens is 335 g/mol. The van der Waals surface area contributed by atoms with Crippen molar-refractivity contribution in [2.24, 2.45) is 0 Å². The third-order valence-electron chi connectivity index (χ3n) is 3.69. The quantitative estimate of drug-likeness (QED) is 0.690. The summed E-state index contributed by atoms with van der Waals surface area (Å²) in [5.41, 5.74) is 2.89. The van der Waals surface area contributed by atoms with Crippen molar-refractivity contribution >= 4 is 0 Å². The van der Waals surface area contributed by atoms with Crippen LogP contribution in [0.5, 0.6) is 5.75 Å². The minimum absolute atomic E-state index is 0.109. The van der Waals surface area contributed by atoms with Crippen LogP contribution in [0.4, 0.5) is 0 Å². The van der Waals surface area contributed by atoms with Gasteiger partial charge in [-0.1, -0.05) is 0 Å². The third kappa shape index (κ3) is 4.19. The van der Waals surface area contributed by atoms with Gasteiger partial charge in [0.2, 0.25) is 0 Å². The Balaban J connectivity index is 2.38. The summed E-state index contributed by atoms with van der Waals surface area (Å²) in [4.78, 5) is 0. The molecule has 2 heteroatoms. The predicted octanol–water partition coefficient (Wildman–Crippen LogP) is 5.50. The zero-order chi connectivity index (χ0) is 15.7. The van der Waals surface area contributed by atoms with Crippen LogP contribution in [-0.4, -0.2) is 0 Å². The van der Waals surface area contributed by atoms with E-state index in [1.54, 1.807) is 0 Å². The molecule has 0 saturated heterocycles. The Kier molecular flexibility index (Phi) is 4.98. The number of hydrogen-bond acceptors (Lipinski definition) is 1. The van der Waals surface area contributed by atoms with Crippen LogP contribution < -0.4 is 2.81 Å². The van der Waals surface area contributed by atoms with E-state index in [0.717, 1.165) is 12.2 Å². The zero-order valence-corrected chi connectivity index (χ0v) is 16.5. The van der Waals surface area contributed by atoms with Crippen LogP contribution >= 0.6 is 0 Å². The molecule has 112 valence electrons. The molecule has 1 aliphatic carbocycles. The molecule has 0 fully saturated rings. The second-order valence-electron chi connectivity index (χ2n) is 7.71. The van der Waals surface area contributed by atoms with E-state index in [0.29, 0.717) is 0 Å². The Bertz CT molecular complexity index is 536. The molecule has 0 unspecified atom stereocenters. The van der Waals surface area contributed by atoms with Gasteiger partial charge in [0, 0.05) is 0 Å². The van der Waals surface area contributed by atoms with Crippen molar-refractivity contribution in [3.63, 3.8) is 0 Å². The van der Waals surface area contributed by atoms with E-state index in [2.05, 4.69) is 78.0 Å². The first-order chi connectivity index (χ1) is 9.69. The zero-order valence-electron chi connectivity index (χ0n) is 14.1. The van der Waals surface area contributed by atoms with Gasteiger partial charge in [0.1, 0.15) is 0 Å². The monoisotopic (exact) mass is 360 g/mol. The van der Waals surface area contributed by atoms with Crippen molar-refractivity contribution < 1.29 is 26.5 Å². The van der Waals surface area contributed by atoms with E-state index >= 15 is 0 Å². The van der Waals surface area contributed by atoms with E-state index in [1.807, 2.05) is 0 Å². The van der Waals surface area contributed by atoms with Crippen LogP contribution in [-0.2, 0) is 34.5 Å². The van der Waals surface area contributed by atoms with Crippen LogP contribution in [0, 0.1) is 0 Å². The molecule has 1 aromatic rings. The molecule has 0 spiro atoms. The fourth-order valence-electron chi connectivity index (χ4n) is 2.47. The van der Waals surface area contributed by atoms with E-state index in [1.165, 1.54) is 14.4 Å². The maximum atomic E-state index is 6.47. The van der Waals surface area contributed by atoms with Crippen LogP contribution in [0.25, 0.3) is 0 Å². The molecule has 0 amide bonds. The van der Waals surface area contributed by atoms with Gasteiger partial charge in [-0.25, -0.2) is 0 Å². The number of rotatable bonds is 3. The first-order valence-electron chi connectivity index (χ1n) is 7.62. The van der Waals surface area contributed by atoms with Crippen molar-refractivity contribution in [1.29, 1.82) is 0 Å². The molecule has 0 heterocycles. The van der Waals surface area contributed by atoms with Gasteiger partial charge in [-0.3, -0.25) is 0 Å². The number of hydrogen-bond donors (Lipinski definition) is 0. The van der Waals surface area contributed by atoms with Crippen LogP contribution in [0.15, 0.2) is 39.7 Å². The van der Waals surface area contributed by atoms with Gasteiger partial charge in [-0.05, 0) is 0 Å². The molecular formula is C19H26OZr. The van der Waals surface area contributed by atoms with Crippen molar-refractivity contribution in [3.05, 3.63) is 50.8 Å². The van der Waals surface area contributed by atoms with Crippen molar-refractivity contribution in [1.82, 2.24) is 0 Å². The Morgan fingerprint density at radius 3 is 1.95 bits per heavy atom. The van der Waals surface area contributed by atoms with Crippen molar-refractivity contribution in [3.8, 4) is 5.75 Å². The molecule has 0 N–H and O–H groups in total.